The van der Waals surface area contributed by atoms with Gasteiger partial charge in [-0.15, -0.1) is 0 Å². The summed E-state index contributed by atoms with van der Waals surface area (Å²) < 4.78 is 2.14. The van der Waals surface area contributed by atoms with Crippen molar-refractivity contribution in [1.82, 2.24) is 4.57 Å². The smallest absolute Gasteiger partial charge is 0.117 e. The monoisotopic (exact) mass is 204 g/mol. The Bertz CT molecular complexity index is 474. The Morgan fingerprint density at radius 3 is 2.87 bits per heavy atom. The van der Waals surface area contributed by atoms with Gasteiger partial charge in [-0.25, -0.2) is 0 Å². The molecule has 1 aromatic carbocycles. The van der Waals surface area contributed by atoms with Crippen molar-refractivity contribution in [3.63, 3.8) is 0 Å². The predicted molar refractivity (Wildman–Crippen MR) is 62.0 cm³/mol. The van der Waals surface area contributed by atoms with Crippen LogP contribution in [0.3, 0.4) is 0 Å². The summed E-state index contributed by atoms with van der Waals surface area (Å²) in [4.78, 5) is 0. The summed E-state index contributed by atoms with van der Waals surface area (Å²) in [6, 6.07) is 5.49. The van der Waals surface area contributed by atoms with E-state index in [2.05, 4.69) is 17.7 Å². The zero-order chi connectivity index (χ0) is 10.8. The van der Waals surface area contributed by atoms with Crippen LogP contribution >= 0.6 is 0 Å². The summed E-state index contributed by atoms with van der Waals surface area (Å²) in [5, 5.41) is 10.6. The Balaban J connectivity index is 2.64. The molecule has 2 aromatic rings. The largest absolute Gasteiger partial charge is 0.508 e. The lowest BCUT2D eigenvalue weighted by molar-refractivity contribution is 0.476. The van der Waals surface area contributed by atoms with Gasteiger partial charge in [0.2, 0.25) is 0 Å². The van der Waals surface area contributed by atoms with E-state index in [1.54, 1.807) is 12.1 Å². The minimum absolute atomic E-state index is 0.314. The predicted octanol–water partition coefficient (Wildman–Crippen LogP) is 1.87. The van der Waals surface area contributed by atoms with E-state index in [9.17, 15) is 5.11 Å². The van der Waals surface area contributed by atoms with Gasteiger partial charge in [-0.2, -0.15) is 0 Å². The number of phenols is 1. The summed E-state index contributed by atoms with van der Waals surface area (Å²) in [6.45, 7) is 3.66. The number of rotatable bonds is 3. The first-order chi connectivity index (χ1) is 7.26. The van der Waals surface area contributed by atoms with E-state index in [-0.39, 0.29) is 0 Å². The normalized spacial score (nSPS) is 11.1. The van der Waals surface area contributed by atoms with Gasteiger partial charge in [-0.05, 0) is 37.6 Å². The highest BCUT2D eigenvalue weighted by atomic mass is 16.3. The zero-order valence-corrected chi connectivity index (χ0v) is 8.90. The van der Waals surface area contributed by atoms with E-state index in [1.807, 2.05) is 6.07 Å². The number of benzene rings is 1. The van der Waals surface area contributed by atoms with Gasteiger partial charge in [-0.1, -0.05) is 0 Å². The van der Waals surface area contributed by atoms with Crippen LogP contribution in [0.1, 0.15) is 12.5 Å². The van der Waals surface area contributed by atoms with Crippen LogP contribution in [-0.2, 0) is 13.0 Å². The first-order valence-corrected chi connectivity index (χ1v) is 5.27. The van der Waals surface area contributed by atoms with Gasteiger partial charge < -0.3 is 15.4 Å². The van der Waals surface area contributed by atoms with Gasteiger partial charge in [-0.3, -0.25) is 0 Å². The molecule has 3 nitrogen and oxygen atoms in total. The summed E-state index contributed by atoms with van der Waals surface area (Å²) in [7, 11) is 0. The molecule has 1 aromatic heterocycles. The lowest BCUT2D eigenvalue weighted by atomic mass is 10.1. The number of aryl methyl sites for hydroxylation is 1. The second-order valence-corrected chi connectivity index (χ2v) is 3.68. The van der Waals surface area contributed by atoms with Gasteiger partial charge in [0.25, 0.3) is 0 Å². The highest BCUT2D eigenvalue weighted by molar-refractivity contribution is 5.85. The molecule has 0 saturated heterocycles. The van der Waals surface area contributed by atoms with E-state index in [0.717, 1.165) is 18.5 Å². The highest BCUT2D eigenvalue weighted by Crippen LogP contribution is 2.25. The Morgan fingerprint density at radius 2 is 2.20 bits per heavy atom. The van der Waals surface area contributed by atoms with E-state index in [4.69, 9.17) is 5.73 Å². The molecule has 0 unspecified atom stereocenters. The van der Waals surface area contributed by atoms with Crippen LogP contribution in [0.4, 0.5) is 0 Å². The van der Waals surface area contributed by atoms with Gasteiger partial charge >= 0.3 is 0 Å². The molecule has 0 aliphatic heterocycles. The quantitative estimate of drug-likeness (QED) is 0.801. The van der Waals surface area contributed by atoms with Crippen molar-refractivity contribution in [2.45, 2.75) is 19.9 Å². The zero-order valence-electron chi connectivity index (χ0n) is 8.90. The molecular weight excluding hydrogens is 188 g/mol. The van der Waals surface area contributed by atoms with Crippen LogP contribution in [0.15, 0.2) is 24.4 Å². The molecule has 15 heavy (non-hydrogen) atoms. The number of hydrogen-bond donors (Lipinski definition) is 2. The molecule has 2 rings (SSSR count). The van der Waals surface area contributed by atoms with Crippen molar-refractivity contribution in [1.29, 1.82) is 0 Å². The standard InChI is InChI=1S/C12H16N2O/c1-2-14-8-9(5-6-13)11-4-3-10(15)7-12(11)14/h3-4,7-8,15H,2,5-6,13H2,1H3. The maximum atomic E-state index is 9.45. The van der Waals surface area contributed by atoms with E-state index in [0.29, 0.717) is 12.3 Å². The van der Waals surface area contributed by atoms with Gasteiger partial charge in [0.05, 0.1) is 5.52 Å². The molecule has 0 radical (unpaired) electrons. The number of hydrogen-bond acceptors (Lipinski definition) is 2. The first-order valence-electron chi connectivity index (χ1n) is 5.27. The minimum Gasteiger partial charge on any atom is -0.508 e. The summed E-state index contributed by atoms with van der Waals surface area (Å²) in [5.41, 5.74) is 7.92. The molecule has 3 heteroatoms. The molecule has 3 N–H and O–H groups in total. The molecule has 0 amide bonds. The van der Waals surface area contributed by atoms with Crippen LogP contribution in [-0.4, -0.2) is 16.2 Å². The molecule has 0 fully saturated rings. The van der Waals surface area contributed by atoms with Crippen LogP contribution in [0, 0.1) is 0 Å². The fourth-order valence-corrected chi connectivity index (χ4v) is 1.97. The van der Waals surface area contributed by atoms with Crippen molar-refractivity contribution in [3.8, 4) is 5.75 Å². The van der Waals surface area contributed by atoms with Crippen LogP contribution in [0.25, 0.3) is 10.9 Å². The number of aromatic nitrogens is 1. The second kappa shape index (κ2) is 3.95. The Morgan fingerprint density at radius 1 is 1.40 bits per heavy atom. The fourth-order valence-electron chi connectivity index (χ4n) is 1.97. The summed E-state index contributed by atoms with van der Waals surface area (Å²) in [6.07, 6.45) is 3.01. The molecule has 0 saturated carbocycles. The van der Waals surface area contributed by atoms with Crippen LogP contribution in [0.2, 0.25) is 0 Å². The fraction of sp³-hybridized carbons (Fsp3) is 0.333. The first kappa shape index (κ1) is 10.1. The topological polar surface area (TPSA) is 51.2 Å². The number of nitrogens with zero attached hydrogens (tertiary/aromatic N) is 1. The highest BCUT2D eigenvalue weighted by Gasteiger charge is 2.07. The molecule has 0 aliphatic rings. The number of fused-ring (bicyclic) bond motifs is 1. The number of phenolic OH excluding ortho intramolecular Hbond substituents is 1. The molecule has 0 spiro atoms. The van der Waals surface area contributed by atoms with Gasteiger partial charge in [0.15, 0.2) is 0 Å². The Labute approximate surface area is 89.1 Å². The van der Waals surface area contributed by atoms with Crippen molar-refractivity contribution < 1.29 is 5.11 Å². The maximum Gasteiger partial charge on any atom is 0.117 e. The third-order valence-corrected chi connectivity index (χ3v) is 2.70. The molecular formula is C12H16N2O. The Kier molecular flexibility index (Phi) is 2.64. The Hall–Kier alpha value is -1.48. The third-order valence-electron chi connectivity index (χ3n) is 2.70. The van der Waals surface area contributed by atoms with Crippen LogP contribution in [0.5, 0.6) is 5.75 Å². The van der Waals surface area contributed by atoms with E-state index in [1.165, 1.54) is 10.9 Å². The lowest BCUT2D eigenvalue weighted by Crippen LogP contribution is -2.02. The average Bonchev–Trinajstić information content (AvgIpc) is 2.56. The number of nitrogens with two attached hydrogens (primary N) is 1. The van der Waals surface area contributed by atoms with Crippen molar-refractivity contribution >= 4 is 10.9 Å². The molecule has 0 bridgehead atoms. The molecule has 80 valence electrons. The third kappa shape index (κ3) is 1.70. The minimum atomic E-state index is 0.314. The molecule has 0 atom stereocenters. The average molecular weight is 204 g/mol. The molecule has 1 heterocycles. The number of aromatic hydroxyl groups is 1. The van der Waals surface area contributed by atoms with E-state index >= 15 is 0 Å². The lowest BCUT2D eigenvalue weighted by Gasteiger charge is -2.00. The van der Waals surface area contributed by atoms with Crippen LogP contribution < -0.4 is 5.73 Å². The summed E-state index contributed by atoms with van der Waals surface area (Å²) >= 11 is 0. The van der Waals surface area contributed by atoms with Crippen molar-refractivity contribution in [3.05, 3.63) is 30.0 Å². The maximum absolute atomic E-state index is 9.45. The van der Waals surface area contributed by atoms with Crippen molar-refractivity contribution in [2.24, 2.45) is 5.73 Å². The van der Waals surface area contributed by atoms with Gasteiger partial charge in [0.1, 0.15) is 5.75 Å². The second-order valence-electron chi connectivity index (χ2n) is 3.68. The van der Waals surface area contributed by atoms with Crippen molar-refractivity contribution in [2.75, 3.05) is 6.54 Å². The van der Waals surface area contributed by atoms with E-state index < -0.39 is 0 Å². The van der Waals surface area contributed by atoms with Gasteiger partial charge in [0, 0.05) is 24.2 Å². The summed E-state index contributed by atoms with van der Waals surface area (Å²) in [5.74, 6) is 0.314. The molecule has 0 aliphatic carbocycles. The SMILES string of the molecule is CCn1cc(CCN)c2ccc(O)cc21.